The van der Waals surface area contributed by atoms with Gasteiger partial charge < -0.3 is 24.3 Å². The number of carbonyl (C=O) groups excluding carboxylic acids is 1. The Hall–Kier alpha value is -3.26. The van der Waals surface area contributed by atoms with Crippen molar-refractivity contribution in [2.45, 2.75) is 51.3 Å². The summed E-state index contributed by atoms with van der Waals surface area (Å²) in [6.07, 6.45) is -2.24. The Morgan fingerprint density at radius 2 is 1.86 bits per heavy atom. The number of rotatable bonds is 6. The number of anilines is 1. The minimum Gasteiger partial charge on any atom is -0.489 e. The van der Waals surface area contributed by atoms with Crippen LogP contribution in [0.25, 0.3) is 5.65 Å². The summed E-state index contributed by atoms with van der Waals surface area (Å²) >= 11 is 0.988. The van der Waals surface area contributed by atoms with E-state index in [-0.39, 0.29) is 16.5 Å². The Balaban J connectivity index is 0.000000479. The van der Waals surface area contributed by atoms with Gasteiger partial charge in [-0.3, -0.25) is 4.79 Å². The maximum atomic E-state index is 12.8. The highest BCUT2D eigenvalue weighted by atomic mass is 32.1. The lowest BCUT2D eigenvalue weighted by atomic mass is 9.97. The smallest absolute Gasteiger partial charge is 0.489 e. The Morgan fingerprint density at radius 1 is 1.22 bits per heavy atom. The number of nitrogens with one attached hydrogen (secondary N) is 1. The zero-order valence-electron chi connectivity index (χ0n) is 19.7. The standard InChI is InChI=1S/C21H23F2N3O3S.C2HF3O2/c1-12(2)29-17-8-19-24-15(13-3-5-28-6-4-13)9-26(19)10-16(17)25-21(27)18-7-14(11-30-18)20(22)23;3-2(4,5)1(6)7/h7-13,20H,3-6H2,1-2H3,(H,25,27);(H,6,7). The number of fused-ring (bicyclic) bond motifs is 1. The number of carboxylic acids is 1. The molecule has 0 radical (unpaired) electrons. The van der Waals surface area contributed by atoms with Gasteiger partial charge in [0.25, 0.3) is 12.3 Å². The van der Waals surface area contributed by atoms with Gasteiger partial charge in [0.05, 0.1) is 16.7 Å². The Kier molecular flexibility index (Phi) is 9.07. The molecule has 0 aromatic carbocycles. The van der Waals surface area contributed by atoms with Gasteiger partial charge in [-0.2, -0.15) is 13.2 Å². The average Bonchev–Trinajstić information content (AvgIpc) is 3.47. The van der Waals surface area contributed by atoms with Crippen molar-refractivity contribution in [3.05, 3.63) is 46.0 Å². The third-order valence-electron chi connectivity index (χ3n) is 5.16. The lowest BCUT2D eigenvalue weighted by Gasteiger charge is -2.19. The van der Waals surface area contributed by atoms with Crippen molar-refractivity contribution in [2.75, 3.05) is 18.5 Å². The fourth-order valence-electron chi connectivity index (χ4n) is 3.44. The molecule has 0 bridgehead atoms. The van der Waals surface area contributed by atoms with Crippen molar-refractivity contribution in [1.29, 1.82) is 0 Å². The van der Waals surface area contributed by atoms with Crippen LogP contribution in [0.5, 0.6) is 5.75 Å². The van der Waals surface area contributed by atoms with E-state index in [0.717, 1.165) is 48.7 Å². The summed E-state index contributed by atoms with van der Waals surface area (Å²) in [6, 6.07) is 3.00. The van der Waals surface area contributed by atoms with E-state index in [1.807, 2.05) is 24.4 Å². The van der Waals surface area contributed by atoms with Gasteiger partial charge in [-0.1, -0.05) is 0 Å². The first-order valence-corrected chi connectivity index (χ1v) is 12.0. The number of aliphatic carboxylic acids is 1. The third kappa shape index (κ3) is 7.61. The number of thiophene rings is 1. The van der Waals surface area contributed by atoms with Gasteiger partial charge in [0, 0.05) is 48.5 Å². The van der Waals surface area contributed by atoms with Gasteiger partial charge in [-0.25, -0.2) is 18.6 Å². The monoisotopic (exact) mass is 549 g/mol. The van der Waals surface area contributed by atoms with E-state index in [9.17, 15) is 26.7 Å². The van der Waals surface area contributed by atoms with E-state index in [1.54, 1.807) is 12.3 Å². The average molecular weight is 550 g/mol. The molecule has 3 aromatic heterocycles. The van der Waals surface area contributed by atoms with Crippen LogP contribution < -0.4 is 10.1 Å². The number of pyridine rings is 1. The van der Waals surface area contributed by atoms with Crippen LogP contribution in [0.3, 0.4) is 0 Å². The van der Waals surface area contributed by atoms with Crippen LogP contribution in [0.4, 0.5) is 27.6 Å². The molecular formula is C23H24F5N3O5S. The first kappa shape index (κ1) is 28.3. The first-order valence-electron chi connectivity index (χ1n) is 11.1. The molecule has 202 valence electrons. The molecule has 4 heterocycles. The summed E-state index contributed by atoms with van der Waals surface area (Å²) in [5, 5.41) is 11.2. The number of halogens is 5. The molecule has 3 aromatic rings. The molecule has 1 aliphatic rings. The molecule has 37 heavy (non-hydrogen) atoms. The maximum absolute atomic E-state index is 12.8. The van der Waals surface area contributed by atoms with Crippen molar-refractivity contribution in [1.82, 2.24) is 9.38 Å². The number of hydrogen-bond donors (Lipinski definition) is 2. The number of carbonyl (C=O) groups is 2. The second-order valence-corrected chi connectivity index (χ2v) is 9.25. The van der Waals surface area contributed by atoms with E-state index in [1.165, 1.54) is 11.4 Å². The number of nitrogens with zero attached hydrogens (tertiary/aromatic N) is 2. The van der Waals surface area contributed by atoms with Crippen LogP contribution in [-0.2, 0) is 9.53 Å². The van der Waals surface area contributed by atoms with Crippen molar-refractivity contribution in [2.24, 2.45) is 0 Å². The van der Waals surface area contributed by atoms with E-state index in [0.29, 0.717) is 17.4 Å². The van der Waals surface area contributed by atoms with Crippen LogP contribution in [0, 0.1) is 0 Å². The fourth-order valence-corrected chi connectivity index (χ4v) is 4.24. The number of hydrogen-bond acceptors (Lipinski definition) is 6. The molecule has 0 saturated carbocycles. The quantitative estimate of drug-likeness (QED) is 0.371. The summed E-state index contributed by atoms with van der Waals surface area (Å²) in [5.74, 6) is -2.39. The molecule has 0 atom stereocenters. The van der Waals surface area contributed by atoms with Gasteiger partial charge >= 0.3 is 12.1 Å². The predicted octanol–water partition coefficient (Wildman–Crippen LogP) is 5.90. The first-order chi connectivity index (χ1) is 17.3. The maximum Gasteiger partial charge on any atom is 0.490 e. The molecule has 0 spiro atoms. The second kappa shape index (κ2) is 11.9. The van der Waals surface area contributed by atoms with Crippen molar-refractivity contribution in [3.63, 3.8) is 0 Å². The van der Waals surface area contributed by atoms with Gasteiger partial charge in [0.1, 0.15) is 17.1 Å². The van der Waals surface area contributed by atoms with Gasteiger partial charge in [0.2, 0.25) is 0 Å². The molecule has 0 unspecified atom stereocenters. The second-order valence-electron chi connectivity index (χ2n) is 8.34. The summed E-state index contributed by atoms with van der Waals surface area (Å²) in [5.41, 5.74) is 2.01. The minimum absolute atomic E-state index is 0.111. The number of ether oxygens (including phenoxy) is 2. The number of imidazole rings is 1. The van der Waals surface area contributed by atoms with Crippen LogP contribution in [0.2, 0.25) is 0 Å². The van der Waals surface area contributed by atoms with E-state index < -0.39 is 24.5 Å². The summed E-state index contributed by atoms with van der Waals surface area (Å²) in [6.45, 7) is 5.23. The van der Waals surface area contributed by atoms with Gasteiger partial charge in [0.15, 0.2) is 0 Å². The molecule has 1 aliphatic heterocycles. The van der Waals surface area contributed by atoms with E-state index in [4.69, 9.17) is 24.4 Å². The molecule has 0 aliphatic carbocycles. The molecule has 2 N–H and O–H groups in total. The largest absolute Gasteiger partial charge is 0.490 e. The number of aromatic nitrogens is 2. The van der Waals surface area contributed by atoms with Crippen molar-refractivity contribution < 1.29 is 46.1 Å². The highest BCUT2D eigenvalue weighted by Crippen LogP contribution is 2.32. The van der Waals surface area contributed by atoms with Crippen LogP contribution in [-0.4, -0.2) is 51.9 Å². The molecule has 14 heteroatoms. The van der Waals surface area contributed by atoms with Gasteiger partial charge in [-0.15, -0.1) is 11.3 Å². The lowest BCUT2D eigenvalue weighted by Crippen LogP contribution is -2.21. The molecule has 4 rings (SSSR count). The third-order valence-corrected chi connectivity index (χ3v) is 6.11. The van der Waals surface area contributed by atoms with Crippen LogP contribution >= 0.6 is 11.3 Å². The highest BCUT2D eigenvalue weighted by Gasteiger charge is 2.38. The molecule has 1 amide bonds. The van der Waals surface area contributed by atoms with Crippen LogP contribution in [0.1, 0.15) is 60.0 Å². The molecule has 1 saturated heterocycles. The lowest BCUT2D eigenvalue weighted by molar-refractivity contribution is -0.192. The summed E-state index contributed by atoms with van der Waals surface area (Å²) < 4.78 is 70.6. The van der Waals surface area contributed by atoms with Gasteiger partial charge in [-0.05, 0) is 32.8 Å². The summed E-state index contributed by atoms with van der Waals surface area (Å²) in [4.78, 5) is 26.5. The minimum atomic E-state index is -5.08. The number of carboxylic acid groups (broad SMARTS) is 1. The predicted molar refractivity (Wildman–Crippen MR) is 125 cm³/mol. The SMILES string of the molecule is CC(C)Oc1cc2nc(C3CCOCC3)cn2cc1NC(=O)c1cc(C(F)F)cs1.O=C(O)C(F)(F)F. The Morgan fingerprint density at radius 3 is 2.41 bits per heavy atom. The van der Waals surface area contributed by atoms with Crippen molar-refractivity contribution >= 4 is 34.5 Å². The summed E-state index contributed by atoms with van der Waals surface area (Å²) in [7, 11) is 0. The normalized spacial score (nSPS) is 14.5. The fraction of sp³-hybridized carbons (Fsp3) is 0.435. The Labute approximate surface area is 212 Å². The topological polar surface area (TPSA) is 102 Å². The highest BCUT2D eigenvalue weighted by molar-refractivity contribution is 7.12. The Bertz CT molecular complexity index is 1240. The van der Waals surface area contributed by atoms with Crippen molar-refractivity contribution in [3.8, 4) is 5.75 Å². The zero-order valence-corrected chi connectivity index (χ0v) is 20.5. The number of amides is 1. The molecule has 1 fully saturated rings. The molecular weight excluding hydrogens is 525 g/mol. The molecule has 8 nitrogen and oxygen atoms in total. The zero-order chi connectivity index (χ0) is 27.3. The number of alkyl halides is 5. The van der Waals surface area contributed by atoms with Crippen LogP contribution in [0.15, 0.2) is 29.9 Å². The van der Waals surface area contributed by atoms with E-state index in [2.05, 4.69) is 5.32 Å². The van der Waals surface area contributed by atoms with E-state index >= 15 is 0 Å².